The number of thiophene rings is 1. The predicted octanol–water partition coefficient (Wildman–Crippen LogP) is 7.61. The fourth-order valence-electron chi connectivity index (χ4n) is 5.42. The van der Waals surface area contributed by atoms with Crippen molar-refractivity contribution < 1.29 is 28.6 Å². The van der Waals surface area contributed by atoms with Crippen LogP contribution in [0.15, 0.2) is 78.5 Å². The van der Waals surface area contributed by atoms with Crippen molar-refractivity contribution in [1.29, 1.82) is 0 Å². The molecule has 0 saturated carbocycles. The largest absolute Gasteiger partial charge is 0.485 e. The average molecular weight is 648 g/mol. The van der Waals surface area contributed by atoms with E-state index in [9.17, 15) is 14.4 Å². The van der Waals surface area contributed by atoms with Gasteiger partial charge in [0.05, 0.1) is 21.9 Å². The first-order chi connectivity index (χ1) is 22.4. The Balaban J connectivity index is 1.37. The van der Waals surface area contributed by atoms with Gasteiger partial charge in [0.15, 0.2) is 11.5 Å². The van der Waals surface area contributed by atoms with Crippen LogP contribution in [-0.2, 0) is 19.1 Å². The third kappa shape index (κ3) is 6.22. The summed E-state index contributed by atoms with van der Waals surface area (Å²) in [6.07, 6.45) is 0. The van der Waals surface area contributed by atoms with E-state index in [1.807, 2.05) is 24.3 Å². The zero-order chi connectivity index (χ0) is 33.5. The fourth-order valence-corrected chi connectivity index (χ4v) is 6.65. The van der Waals surface area contributed by atoms with Gasteiger partial charge in [-0.05, 0) is 76.6 Å². The average Bonchev–Trinajstić information content (AvgIpc) is 3.52. The van der Waals surface area contributed by atoms with Crippen molar-refractivity contribution in [3.63, 3.8) is 0 Å². The van der Waals surface area contributed by atoms with Crippen LogP contribution in [0.4, 0.5) is 17.1 Å². The molecule has 2 amide bonds. The van der Waals surface area contributed by atoms with Gasteiger partial charge in [0.1, 0.15) is 25.4 Å². The number of amides is 2. The smallest absolute Gasteiger partial charge is 0.326 e. The molecule has 0 radical (unpaired) electrons. The minimum atomic E-state index is -0.844. The lowest BCUT2D eigenvalue weighted by atomic mass is 10.1. The molecule has 0 N–H and O–H groups in total. The summed E-state index contributed by atoms with van der Waals surface area (Å²) in [5.41, 5.74) is 4.84. The summed E-state index contributed by atoms with van der Waals surface area (Å²) in [7, 11) is 0. The molecule has 1 aromatic heterocycles. The molecular formula is C37H33N3O6S. The summed E-state index contributed by atoms with van der Waals surface area (Å²) in [6, 6.07) is 24.6. The van der Waals surface area contributed by atoms with E-state index in [4.69, 9.17) is 20.8 Å². The third-order valence-corrected chi connectivity index (χ3v) is 8.78. The maximum Gasteiger partial charge on any atom is 0.326 e. The summed E-state index contributed by atoms with van der Waals surface area (Å²) < 4.78 is 17.4. The van der Waals surface area contributed by atoms with E-state index in [1.165, 1.54) is 22.5 Å². The van der Waals surface area contributed by atoms with E-state index in [-0.39, 0.29) is 17.9 Å². The molecule has 0 atom stereocenters. The molecule has 0 saturated heterocycles. The quantitative estimate of drug-likeness (QED) is 0.116. The molecule has 2 aliphatic heterocycles. The van der Waals surface area contributed by atoms with Gasteiger partial charge < -0.3 is 19.1 Å². The van der Waals surface area contributed by atoms with Gasteiger partial charge in [-0.1, -0.05) is 47.5 Å². The number of fused-ring (bicyclic) bond motifs is 1. The van der Waals surface area contributed by atoms with Crippen LogP contribution < -0.4 is 14.4 Å². The molecule has 47 heavy (non-hydrogen) atoms. The minimum Gasteiger partial charge on any atom is -0.485 e. The lowest BCUT2D eigenvalue weighted by molar-refractivity contribution is -0.160. The molecule has 0 unspecified atom stereocenters. The standard InChI is InChI=1S/C37H33N3O6S/c1-22-7-13-25(14-8-22)40(26-15-9-23(2)10-16-26)27-17-11-24(12-18-27)33-31-32(45-20-19-44-31)34(47-33)29-30(38-6)36(43)39(35(29)42)21-28(41)46-37(3,4)5/h7-18H,19-21H2,1-5H3. The Morgan fingerprint density at radius 3 is 1.81 bits per heavy atom. The molecular weight excluding hydrogens is 614 g/mol. The number of hydrogen-bond acceptors (Lipinski definition) is 8. The number of carbonyl (C=O) groups is 3. The van der Waals surface area contributed by atoms with Crippen molar-refractivity contribution in [3.8, 4) is 21.9 Å². The van der Waals surface area contributed by atoms with E-state index < -0.39 is 29.9 Å². The number of carbonyl (C=O) groups excluding carboxylic acids is 3. The molecule has 0 fully saturated rings. The molecule has 0 bridgehead atoms. The van der Waals surface area contributed by atoms with Gasteiger partial charge in [0.2, 0.25) is 0 Å². The van der Waals surface area contributed by atoms with Crippen molar-refractivity contribution in [2.24, 2.45) is 0 Å². The van der Waals surface area contributed by atoms with Gasteiger partial charge in [-0.2, -0.15) is 0 Å². The number of benzene rings is 3. The highest BCUT2D eigenvalue weighted by Crippen LogP contribution is 2.53. The van der Waals surface area contributed by atoms with Crippen molar-refractivity contribution in [1.82, 2.24) is 4.90 Å². The van der Waals surface area contributed by atoms with Crippen LogP contribution in [0.25, 0.3) is 20.9 Å². The zero-order valence-electron chi connectivity index (χ0n) is 26.7. The Kier molecular flexibility index (Phi) is 8.34. The van der Waals surface area contributed by atoms with Crippen LogP contribution in [0.1, 0.15) is 36.8 Å². The predicted molar refractivity (Wildman–Crippen MR) is 181 cm³/mol. The topological polar surface area (TPSA) is 89.7 Å². The van der Waals surface area contributed by atoms with Gasteiger partial charge >= 0.3 is 5.97 Å². The fraction of sp³-hybridized carbons (Fsp3) is 0.243. The molecule has 3 heterocycles. The second kappa shape index (κ2) is 12.4. The maximum atomic E-state index is 13.7. The van der Waals surface area contributed by atoms with Crippen LogP contribution >= 0.6 is 11.3 Å². The number of ether oxygens (including phenoxy) is 3. The number of rotatable bonds is 7. The summed E-state index contributed by atoms with van der Waals surface area (Å²) in [5.74, 6) is -1.59. The van der Waals surface area contributed by atoms with Gasteiger partial charge in [0.25, 0.3) is 17.5 Å². The molecule has 6 rings (SSSR count). The summed E-state index contributed by atoms with van der Waals surface area (Å²) in [5, 5.41) is 0. The molecule has 0 aliphatic carbocycles. The van der Waals surface area contributed by atoms with E-state index in [0.717, 1.165) is 27.5 Å². The lowest BCUT2D eigenvalue weighted by Crippen LogP contribution is -2.39. The molecule has 2 aliphatic rings. The highest BCUT2D eigenvalue weighted by atomic mass is 32.1. The number of imide groups is 1. The number of nitrogens with zero attached hydrogens (tertiary/aromatic N) is 3. The van der Waals surface area contributed by atoms with Crippen LogP contribution in [-0.4, -0.2) is 48.0 Å². The molecule has 9 nitrogen and oxygen atoms in total. The van der Waals surface area contributed by atoms with Crippen molar-refractivity contribution in [2.75, 3.05) is 24.7 Å². The highest BCUT2D eigenvalue weighted by Gasteiger charge is 2.44. The summed E-state index contributed by atoms with van der Waals surface area (Å²) in [6.45, 7) is 16.9. The first kappa shape index (κ1) is 31.6. The first-order valence-electron chi connectivity index (χ1n) is 15.1. The number of esters is 1. The van der Waals surface area contributed by atoms with Gasteiger partial charge in [0, 0.05) is 17.1 Å². The Bertz CT molecular complexity index is 1900. The van der Waals surface area contributed by atoms with Crippen molar-refractivity contribution >= 4 is 51.8 Å². The van der Waals surface area contributed by atoms with Crippen molar-refractivity contribution in [3.05, 3.63) is 106 Å². The number of aryl methyl sites for hydroxylation is 2. The molecule has 3 aromatic carbocycles. The SMILES string of the molecule is [C-]#[N+]C1=C(c2sc(-c3ccc(N(c4ccc(C)cc4)c4ccc(C)cc4)cc3)c3c2OCCO3)C(=O)N(CC(=O)OC(C)(C)C)C1=O. The van der Waals surface area contributed by atoms with Gasteiger partial charge in [-0.25, -0.2) is 4.85 Å². The Hall–Kier alpha value is -5.40. The zero-order valence-corrected chi connectivity index (χ0v) is 27.6. The minimum absolute atomic E-state index is 0.104. The Morgan fingerprint density at radius 1 is 0.830 bits per heavy atom. The van der Waals surface area contributed by atoms with E-state index >= 15 is 0 Å². The Morgan fingerprint density at radius 2 is 1.32 bits per heavy atom. The normalized spacial score (nSPS) is 14.3. The van der Waals surface area contributed by atoms with Crippen LogP contribution in [0.5, 0.6) is 11.5 Å². The first-order valence-corrected chi connectivity index (χ1v) is 15.9. The Labute approximate surface area is 277 Å². The van der Waals surface area contributed by atoms with Crippen molar-refractivity contribution in [2.45, 2.75) is 40.2 Å². The number of anilines is 3. The monoisotopic (exact) mass is 647 g/mol. The number of hydrogen-bond donors (Lipinski definition) is 0. The molecule has 238 valence electrons. The van der Waals surface area contributed by atoms with E-state index in [2.05, 4.69) is 72.1 Å². The second-order valence-corrected chi connectivity index (χ2v) is 13.3. The highest BCUT2D eigenvalue weighted by molar-refractivity contribution is 7.18. The third-order valence-electron chi connectivity index (χ3n) is 7.56. The van der Waals surface area contributed by atoms with Crippen LogP contribution in [0, 0.1) is 20.4 Å². The van der Waals surface area contributed by atoms with Crippen LogP contribution in [0.2, 0.25) is 0 Å². The lowest BCUT2D eigenvalue weighted by Gasteiger charge is -2.26. The molecule has 0 spiro atoms. The second-order valence-electron chi connectivity index (χ2n) is 12.3. The van der Waals surface area contributed by atoms with Gasteiger partial charge in [-0.15, -0.1) is 11.3 Å². The molecule has 4 aromatic rings. The summed E-state index contributed by atoms with van der Waals surface area (Å²) >= 11 is 1.21. The van der Waals surface area contributed by atoms with E-state index in [0.29, 0.717) is 27.9 Å². The van der Waals surface area contributed by atoms with E-state index in [1.54, 1.807) is 20.8 Å². The van der Waals surface area contributed by atoms with Gasteiger partial charge in [-0.3, -0.25) is 19.3 Å². The van der Waals surface area contributed by atoms with Crippen LogP contribution in [0.3, 0.4) is 0 Å². The summed E-state index contributed by atoms with van der Waals surface area (Å²) in [4.78, 5) is 46.7. The maximum absolute atomic E-state index is 13.7. The molecule has 10 heteroatoms.